The number of nitrogens with zero attached hydrogens (tertiary/aromatic N) is 1. The molecule has 0 spiro atoms. The fraction of sp³-hybridized carbons (Fsp3) is 0.941. The first-order chi connectivity index (χ1) is 9.75. The molecule has 0 aliphatic carbocycles. The third-order valence-corrected chi connectivity index (χ3v) is 3.68. The molecule has 21 heavy (non-hydrogen) atoms. The highest BCUT2D eigenvalue weighted by Crippen LogP contribution is 2.15. The molecule has 126 valence electrons. The van der Waals surface area contributed by atoms with Gasteiger partial charge in [0, 0.05) is 13.1 Å². The topological polar surface area (TPSA) is 41.6 Å². The second-order valence-corrected chi connectivity index (χ2v) is 6.95. The Hall–Kier alpha value is -0.610. The second kappa shape index (κ2) is 10.2. The van der Waals surface area contributed by atoms with Gasteiger partial charge in [-0.15, -0.1) is 0 Å². The Morgan fingerprint density at radius 2 is 1.71 bits per heavy atom. The zero-order chi connectivity index (χ0) is 16.5. The van der Waals surface area contributed by atoms with Gasteiger partial charge in [-0.2, -0.15) is 0 Å². The van der Waals surface area contributed by atoms with Crippen LogP contribution in [-0.4, -0.2) is 49.7 Å². The average Bonchev–Trinajstić information content (AvgIpc) is 2.37. The van der Waals surface area contributed by atoms with Crippen LogP contribution in [0.4, 0.5) is 0 Å². The molecule has 0 radical (unpaired) electrons. The van der Waals surface area contributed by atoms with E-state index in [1.807, 2.05) is 20.9 Å². The van der Waals surface area contributed by atoms with Gasteiger partial charge in [0.2, 0.25) is 0 Å². The minimum absolute atomic E-state index is 0.147. The second-order valence-electron chi connectivity index (χ2n) is 6.95. The molecule has 1 atom stereocenters. The molecule has 4 heteroatoms. The SMILES string of the molecule is CCOC(=O)C(C)(CCCN(CC(C)C)CC(C)C)NC. The van der Waals surface area contributed by atoms with E-state index in [4.69, 9.17) is 4.74 Å². The van der Waals surface area contributed by atoms with Gasteiger partial charge in [-0.05, 0) is 52.1 Å². The van der Waals surface area contributed by atoms with Crippen molar-refractivity contribution in [3.05, 3.63) is 0 Å². The Morgan fingerprint density at radius 3 is 2.10 bits per heavy atom. The third kappa shape index (κ3) is 8.42. The van der Waals surface area contributed by atoms with Gasteiger partial charge >= 0.3 is 5.97 Å². The average molecular weight is 300 g/mol. The van der Waals surface area contributed by atoms with Crippen LogP contribution in [0.2, 0.25) is 0 Å². The smallest absolute Gasteiger partial charge is 0.326 e. The van der Waals surface area contributed by atoms with E-state index in [2.05, 4.69) is 37.9 Å². The molecule has 0 aromatic rings. The van der Waals surface area contributed by atoms with Gasteiger partial charge in [-0.25, -0.2) is 0 Å². The Bertz CT molecular complexity index is 283. The van der Waals surface area contributed by atoms with Crippen LogP contribution in [-0.2, 0) is 9.53 Å². The van der Waals surface area contributed by atoms with Crippen LogP contribution < -0.4 is 5.32 Å². The molecule has 1 unspecified atom stereocenters. The predicted octanol–water partition coefficient (Wildman–Crippen LogP) is 2.92. The largest absolute Gasteiger partial charge is 0.465 e. The predicted molar refractivity (Wildman–Crippen MR) is 89.4 cm³/mol. The van der Waals surface area contributed by atoms with Crippen molar-refractivity contribution >= 4 is 5.97 Å². The van der Waals surface area contributed by atoms with Crippen molar-refractivity contribution in [2.45, 2.75) is 59.9 Å². The number of ether oxygens (including phenoxy) is 1. The van der Waals surface area contributed by atoms with E-state index in [1.54, 1.807) is 0 Å². The maximum Gasteiger partial charge on any atom is 0.326 e. The minimum Gasteiger partial charge on any atom is -0.465 e. The molecular weight excluding hydrogens is 264 g/mol. The number of hydrogen-bond donors (Lipinski definition) is 1. The van der Waals surface area contributed by atoms with E-state index in [1.165, 1.54) is 0 Å². The number of nitrogens with one attached hydrogen (secondary N) is 1. The Balaban J connectivity index is 4.41. The monoisotopic (exact) mass is 300 g/mol. The summed E-state index contributed by atoms with van der Waals surface area (Å²) in [7, 11) is 1.83. The standard InChI is InChI=1S/C17H36N2O2/c1-8-21-16(20)17(6,18-7)10-9-11-19(12-14(2)3)13-15(4)5/h14-15,18H,8-13H2,1-7H3. The molecule has 0 amide bonds. The van der Waals surface area contributed by atoms with E-state index in [-0.39, 0.29) is 5.97 Å². The molecule has 0 aromatic heterocycles. The lowest BCUT2D eigenvalue weighted by atomic mass is 9.95. The van der Waals surface area contributed by atoms with E-state index >= 15 is 0 Å². The van der Waals surface area contributed by atoms with Crippen molar-refractivity contribution in [3.63, 3.8) is 0 Å². The molecule has 0 heterocycles. The number of carbonyl (C=O) groups is 1. The maximum atomic E-state index is 12.0. The van der Waals surface area contributed by atoms with Crippen LogP contribution >= 0.6 is 0 Å². The summed E-state index contributed by atoms with van der Waals surface area (Å²) in [6.45, 7) is 16.5. The zero-order valence-electron chi connectivity index (χ0n) is 15.2. The highest BCUT2D eigenvalue weighted by atomic mass is 16.5. The fourth-order valence-corrected chi connectivity index (χ4v) is 2.57. The molecule has 0 aliphatic rings. The summed E-state index contributed by atoms with van der Waals surface area (Å²) in [6, 6.07) is 0. The Labute approximate surface area is 131 Å². The van der Waals surface area contributed by atoms with Crippen LogP contribution in [0.3, 0.4) is 0 Å². The first-order valence-electron chi connectivity index (χ1n) is 8.33. The maximum absolute atomic E-state index is 12.0. The van der Waals surface area contributed by atoms with E-state index < -0.39 is 5.54 Å². The summed E-state index contributed by atoms with van der Waals surface area (Å²) < 4.78 is 5.17. The Kier molecular flexibility index (Phi) is 9.88. The molecule has 0 saturated carbocycles. The van der Waals surface area contributed by atoms with E-state index in [0.717, 1.165) is 32.5 Å². The summed E-state index contributed by atoms with van der Waals surface area (Å²) in [5.41, 5.74) is -0.572. The molecular formula is C17H36N2O2. The van der Waals surface area contributed by atoms with Gasteiger partial charge in [0.1, 0.15) is 5.54 Å². The van der Waals surface area contributed by atoms with Crippen LogP contribution in [0.15, 0.2) is 0 Å². The summed E-state index contributed by atoms with van der Waals surface area (Å²) in [5.74, 6) is 1.20. The summed E-state index contributed by atoms with van der Waals surface area (Å²) in [5, 5.41) is 3.13. The number of carbonyl (C=O) groups excluding carboxylic acids is 1. The van der Waals surface area contributed by atoms with Crippen molar-refractivity contribution < 1.29 is 9.53 Å². The molecule has 0 fully saturated rings. The normalized spacial score (nSPS) is 14.8. The van der Waals surface area contributed by atoms with Crippen LogP contribution in [0, 0.1) is 11.8 Å². The van der Waals surface area contributed by atoms with Gasteiger partial charge in [-0.3, -0.25) is 4.79 Å². The number of likely N-dealkylation sites (N-methyl/N-ethyl adjacent to an activating group) is 1. The molecule has 0 bridgehead atoms. The van der Waals surface area contributed by atoms with Gasteiger partial charge in [0.05, 0.1) is 6.61 Å². The molecule has 4 nitrogen and oxygen atoms in total. The van der Waals surface area contributed by atoms with Crippen LogP contribution in [0.5, 0.6) is 0 Å². The molecule has 0 aromatic carbocycles. The summed E-state index contributed by atoms with van der Waals surface area (Å²) in [6.07, 6.45) is 1.80. The first-order valence-corrected chi connectivity index (χ1v) is 8.33. The Morgan fingerprint density at radius 1 is 1.19 bits per heavy atom. The highest BCUT2D eigenvalue weighted by molar-refractivity contribution is 5.80. The summed E-state index contributed by atoms with van der Waals surface area (Å²) in [4.78, 5) is 14.5. The zero-order valence-corrected chi connectivity index (χ0v) is 15.2. The van der Waals surface area contributed by atoms with Crippen LogP contribution in [0.25, 0.3) is 0 Å². The summed E-state index contributed by atoms with van der Waals surface area (Å²) >= 11 is 0. The molecule has 0 aliphatic heterocycles. The number of esters is 1. The fourth-order valence-electron chi connectivity index (χ4n) is 2.57. The lowest BCUT2D eigenvalue weighted by Gasteiger charge is -2.30. The first kappa shape index (κ1) is 20.4. The van der Waals surface area contributed by atoms with Crippen molar-refractivity contribution in [2.75, 3.05) is 33.3 Å². The highest BCUT2D eigenvalue weighted by Gasteiger charge is 2.32. The van der Waals surface area contributed by atoms with Crippen LogP contribution in [0.1, 0.15) is 54.4 Å². The molecule has 1 N–H and O–H groups in total. The van der Waals surface area contributed by atoms with Gasteiger partial charge in [-0.1, -0.05) is 27.7 Å². The van der Waals surface area contributed by atoms with Crippen molar-refractivity contribution in [1.82, 2.24) is 10.2 Å². The van der Waals surface area contributed by atoms with Crippen molar-refractivity contribution in [2.24, 2.45) is 11.8 Å². The third-order valence-electron chi connectivity index (χ3n) is 3.68. The molecule has 0 saturated heterocycles. The lowest BCUT2D eigenvalue weighted by molar-refractivity contribution is -0.150. The number of rotatable bonds is 11. The van der Waals surface area contributed by atoms with Gasteiger partial charge in [0.25, 0.3) is 0 Å². The van der Waals surface area contributed by atoms with E-state index in [9.17, 15) is 4.79 Å². The van der Waals surface area contributed by atoms with Crippen molar-refractivity contribution in [3.8, 4) is 0 Å². The van der Waals surface area contributed by atoms with Gasteiger partial charge in [0.15, 0.2) is 0 Å². The quantitative estimate of drug-likeness (QED) is 0.596. The van der Waals surface area contributed by atoms with Gasteiger partial charge < -0.3 is 15.0 Å². The van der Waals surface area contributed by atoms with E-state index in [0.29, 0.717) is 18.4 Å². The number of hydrogen-bond acceptors (Lipinski definition) is 4. The molecule has 0 rings (SSSR count). The lowest BCUT2D eigenvalue weighted by Crippen LogP contribution is -2.49. The minimum atomic E-state index is -0.572. The van der Waals surface area contributed by atoms with Crippen molar-refractivity contribution in [1.29, 1.82) is 0 Å².